The van der Waals surface area contributed by atoms with Gasteiger partial charge in [-0.3, -0.25) is 10.1 Å². The molecule has 0 fully saturated rings. The van der Waals surface area contributed by atoms with Crippen LogP contribution in [0.3, 0.4) is 0 Å². The van der Waals surface area contributed by atoms with Gasteiger partial charge in [0.25, 0.3) is 5.91 Å². The van der Waals surface area contributed by atoms with Gasteiger partial charge in [0.2, 0.25) is 0 Å². The van der Waals surface area contributed by atoms with Gasteiger partial charge in [0.05, 0.1) is 9.77 Å². The second-order valence-corrected chi connectivity index (χ2v) is 7.85. The summed E-state index contributed by atoms with van der Waals surface area (Å²) in [5, 5.41) is 4.73. The van der Waals surface area contributed by atoms with Crippen LogP contribution in [-0.4, -0.2) is 25.6 Å². The van der Waals surface area contributed by atoms with Gasteiger partial charge in [0, 0.05) is 17.8 Å². The van der Waals surface area contributed by atoms with Crippen LogP contribution in [0.4, 0.5) is 5.13 Å². The number of thiophene rings is 1. The average Bonchev–Trinajstić information content (AvgIpc) is 2.85. The molecule has 0 aliphatic rings. The topological polar surface area (TPSA) is 76.1 Å². The zero-order valence-electron chi connectivity index (χ0n) is 9.01. The van der Waals surface area contributed by atoms with Crippen molar-refractivity contribution in [2.75, 3.05) is 11.6 Å². The number of anilines is 1. The number of sulfone groups is 1. The summed E-state index contributed by atoms with van der Waals surface area (Å²) in [5.74, 6) is -0.424. The van der Waals surface area contributed by atoms with Crippen molar-refractivity contribution in [2.45, 2.75) is 4.90 Å². The Kier molecular flexibility index (Phi) is 3.71. The molecular weight excluding hydrogens is 316 g/mol. The lowest BCUT2D eigenvalue weighted by Gasteiger charge is -1.96. The molecular formula is C9H7ClN2O3S3. The molecule has 2 heterocycles. The van der Waals surface area contributed by atoms with Gasteiger partial charge in [-0.1, -0.05) is 11.6 Å². The van der Waals surface area contributed by atoms with Crippen molar-refractivity contribution in [3.63, 3.8) is 0 Å². The third-order valence-electron chi connectivity index (χ3n) is 1.93. The average molecular weight is 323 g/mol. The molecule has 1 amide bonds. The summed E-state index contributed by atoms with van der Waals surface area (Å²) in [7, 11) is -3.42. The lowest BCUT2D eigenvalue weighted by atomic mass is 10.4. The quantitative estimate of drug-likeness (QED) is 0.942. The highest BCUT2D eigenvalue weighted by molar-refractivity contribution is 7.91. The number of carbonyl (C=O) groups excluding carboxylic acids is 1. The number of rotatable bonds is 3. The SMILES string of the molecule is CS(=O)(=O)c1cc(C(=O)Nc2nccs2)sc1Cl. The lowest BCUT2D eigenvalue weighted by molar-refractivity contribution is 0.103. The second-order valence-electron chi connectivity index (χ2n) is 3.31. The molecule has 0 atom stereocenters. The van der Waals surface area contributed by atoms with E-state index in [0.29, 0.717) is 5.13 Å². The van der Waals surface area contributed by atoms with Crippen molar-refractivity contribution in [2.24, 2.45) is 0 Å². The highest BCUT2D eigenvalue weighted by Gasteiger charge is 2.20. The first-order chi connectivity index (χ1) is 8.38. The van der Waals surface area contributed by atoms with Crippen LogP contribution in [0.25, 0.3) is 0 Å². The maximum absolute atomic E-state index is 11.8. The van der Waals surface area contributed by atoms with Gasteiger partial charge in [0.15, 0.2) is 15.0 Å². The Bertz CT molecular complexity index is 676. The fourth-order valence-electron chi connectivity index (χ4n) is 1.16. The van der Waals surface area contributed by atoms with Crippen LogP contribution in [0.15, 0.2) is 22.5 Å². The van der Waals surface area contributed by atoms with Crippen molar-refractivity contribution in [3.05, 3.63) is 26.9 Å². The van der Waals surface area contributed by atoms with Crippen LogP contribution < -0.4 is 5.32 Å². The number of aromatic nitrogens is 1. The normalized spacial score (nSPS) is 11.4. The summed E-state index contributed by atoms with van der Waals surface area (Å²) in [6.45, 7) is 0. The summed E-state index contributed by atoms with van der Waals surface area (Å²) < 4.78 is 22.9. The molecule has 2 aromatic heterocycles. The molecule has 0 saturated heterocycles. The van der Waals surface area contributed by atoms with E-state index in [9.17, 15) is 13.2 Å². The minimum Gasteiger partial charge on any atom is -0.297 e. The highest BCUT2D eigenvalue weighted by atomic mass is 35.5. The van der Waals surface area contributed by atoms with Crippen molar-refractivity contribution in [1.82, 2.24) is 4.98 Å². The number of amides is 1. The fraction of sp³-hybridized carbons (Fsp3) is 0.111. The number of nitrogens with one attached hydrogen (secondary N) is 1. The minimum atomic E-state index is -3.42. The summed E-state index contributed by atoms with van der Waals surface area (Å²) in [6, 6.07) is 1.27. The Morgan fingerprint density at radius 3 is 2.72 bits per heavy atom. The molecule has 0 spiro atoms. The van der Waals surface area contributed by atoms with Crippen LogP contribution in [0.2, 0.25) is 4.34 Å². The number of nitrogens with zero attached hydrogens (tertiary/aromatic N) is 1. The molecule has 2 rings (SSSR count). The summed E-state index contributed by atoms with van der Waals surface area (Å²) in [4.78, 5) is 15.9. The Labute approximate surface area is 116 Å². The van der Waals surface area contributed by atoms with Crippen LogP contribution in [-0.2, 0) is 9.84 Å². The van der Waals surface area contributed by atoms with Gasteiger partial charge in [-0.15, -0.1) is 22.7 Å². The van der Waals surface area contributed by atoms with Gasteiger partial charge in [-0.2, -0.15) is 0 Å². The van der Waals surface area contributed by atoms with E-state index < -0.39 is 15.7 Å². The van der Waals surface area contributed by atoms with E-state index in [1.807, 2.05) is 0 Å². The molecule has 5 nitrogen and oxygen atoms in total. The Morgan fingerprint density at radius 1 is 1.50 bits per heavy atom. The van der Waals surface area contributed by atoms with Gasteiger partial charge < -0.3 is 0 Å². The van der Waals surface area contributed by atoms with Crippen LogP contribution >= 0.6 is 34.3 Å². The molecule has 0 unspecified atom stereocenters. The van der Waals surface area contributed by atoms with E-state index in [2.05, 4.69) is 10.3 Å². The standard InChI is InChI=1S/C9H7ClN2O3S3/c1-18(14,15)6-4-5(17-7(6)10)8(13)12-9-11-2-3-16-9/h2-4H,1H3,(H,11,12,13). The van der Waals surface area contributed by atoms with Gasteiger partial charge >= 0.3 is 0 Å². The molecule has 0 aliphatic heterocycles. The second kappa shape index (κ2) is 4.96. The van der Waals surface area contributed by atoms with E-state index in [1.54, 1.807) is 11.6 Å². The van der Waals surface area contributed by atoms with Crippen molar-refractivity contribution >= 4 is 55.2 Å². The summed E-state index contributed by atoms with van der Waals surface area (Å²) in [5.41, 5.74) is 0. The molecule has 0 bridgehead atoms. The monoisotopic (exact) mass is 322 g/mol. The van der Waals surface area contributed by atoms with Crippen LogP contribution in [0, 0.1) is 0 Å². The molecule has 0 saturated carbocycles. The van der Waals surface area contributed by atoms with Crippen molar-refractivity contribution in [3.8, 4) is 0 Å². The van der Waals surface area contributed by atoms with E-state index in [0.717, 1.165) is 17.6 Å². The van der Waals surface area contributed by atoms with E-state index in [4.69, 9.17) is 11.6 Å². The minimum absolute atomic E-state index is 0.0292. The smallest absolute Gasteiger partial charge is 0.267 e. The van der Waals surface area contributed by atoms with E-state index in [1.165, 1.54) is 17.4 Å². The maximum Gasteiger partial charge on any atom is 0.267 e. The van der Waals surface area contributed by atoms with Crippen molar-refractivity contribution < 1.29 is 13.2 Å². The number of hydrogen-bond acceptors (Lipinski definition) is 6. The number of halogens is 1. The maximum atomic E-state index is 11.8. The summed E-state index contributed by atoms with van der Waals surface area (Å²) in [6.07, 6.45) is 2.60. The summed E-state index contributed by atoms with van der Waals surface area (Å²) >= 11 is 8.00. The molecule has 2 aromatic rings. The van der Waals surface area contributed by atoms with Crippen LogP contribution in [0.1, 0.15) is 9.67 Å². The van der Waals surface area contributed by atoms with Gasteiger partial charge in [0.1, 0.15) is 4.34 Å². The first-order valence-electron chi connectivity index (χ1n) is 4.58. The number of hydrogen-bond donors (Lipinski definition) is 1. The van der Waals surface area contributed by atoms with Crippen molar-refractivity contribution in [1.29, 1.82) is 0 Å². The highest BCUT2D eigenvalue weighted by Crippen LogP contribution is 2.31. The third-order valence-corrected chi connectivity index (χ3v) is 5.34. The molecule has 9 heteroatoms. The van der Waals surface area contributed by atoms with E-state index >= 15 is 0 Å². The first kappa shape index (κ1) is 13.5. The van der Waals surface area contributed by atoms with Gasteiger partial charge in [-0.25, -0.2) is 13.4 Å². The third kappa shape index (κ3) is 2.89. The predicted octanol–water partition coefficient (Wildman–Crippen LogP) is 2.51. The lowest BCUT2D eigenvalue weighted by Crippen LogP contribution is -2.09. The van der Waals surface area contributed by atoms with Crippen LogP contribution in [0.5, 0.6) is 0 Å². The number of thiazole rings is 1. The molecule has 96 valence electrons. The Morgan fingerprint density at radius 2 is 2.22 bits per heavy atom. The number of carbonyl (C=O) groups is 1. The van der Waals surface area contributed by atoms with Gasteiger partial charge in [-0.05, 0) is 6.07 Å². The van der Waals surface area contributed by atoms with E-state index in [-0.39, 0.29) is 14.1 Å². The first-order valence-corrected chi connectivity index (χ1v) is 8.54. The Balaban J connectivity index is 2.27. The largest absolute Gasteiger partial charge is 0.297 e. The molecule has 1 N–H and O–H groups in total. The molecule has 18 heavy (non-hydrogen) atoms. The zero-order chi connectivity index (χ0) is 13.3. The predicted molar refractivity (Wildman–Crippen MR) is 72.5 cm³/mol. The fourth-order valence-corrected chi connectivity index (χ4v) is 4.36. The molecule has 0 aromatic carbocycles. The zero-order valence-corrected chi connectivity index (χ0v) is 12.2. The Hall–Kier alpha value is -0.960. The molecule has 0 aliphatic carbocycles. The molecule has 0 radical (unpaired) electrons.